The van der Waals surface area contributed by atoms with Gasteiger partial charge in [0.05, 0.1) is 11.2 Å². The molecule has 1 aromatic rings. The number of thiazole rings is 1. The van der Waals surface area contributed by atoms with Gasteiger partial charge in [-0.3, -0.25) is 0 Å². The van der Waals surface area contributed by atoms with Gasteiger partial charge in [0.25, 0.3) is 0 Å². The lowest BCUT2D eigenvalue weighted by Gasteiger charge is -2.53. The van der Waals surface area contributed by atoms with Crippen LogP contribution in [0.25, 0.3) is 0 Å². The van der Waals surface area contributed by atoms with Crippen molar-refractivity contribution in [3.05, 3.63) is 15.6 Å². The van der Waals surface area contributed by atoms with Crippen LogP contribution in [0.4, 0.5) is 0 Å². The lowest BCUT2D eigenvalue weighted by Crippen LogP contribution is -2.64. The van der Waals surface area contributed by atoms with Gasteiger partial charge in [0.15, 0.2) is 0 Å². The Morgan fingerprint density at radius 3 is 2.70 bits per heavy atom. The number of hydrogen-bond acceptors (Lipinski definition) is 4. The van der Waals surface area contributed by atoms with Gasteiger partial charge in [-0.15, -0.1) is 11.3 Å². The van der Waals surface area contributed by atoms with Crippen molar-refractivity contribution >= 4 is 11.3 Å². The topological polar surface area (TPSA) is 28.2 Å². The largest absolute Gasteiger partial charge is 0.302 e. The van der Waals surface area contributed by atoms with Crippen LogP contribution in [0.3, 0.4) is 0 Å². The number of aryl methyl sites for hydroxylation is 2. The normalized spacial score (nSPS) is 35.8. The molecule has 0 saturated carbocycles. The molecule has 0 spiro atoms. The quantitative estimate of drug-likeness (QED) is 0.927. The molecular formula is C16H25N3S. The molecule has 4 heterocycles. The number of fused-ring (bicyclic) bond motifs is 4. The minimum absolute atomic E-state index is 0.139. The van der Waals surface area contributed by atoms with E-state index in [9.17, 15) is 0 Å². The third kappa shape index (κ3) is 1.96. The van der Waals surface area contributed by atoms with Gasteiger partial charge in [-0.25, -0.2) is 4.98 Å². The van der Waals surface area contributed by atoms with Crippen molar-refractivity contribution in [2.45, 2.75) is 57.5 Å². The first-order valence-electron chi connectivity index (χ1n) is 8.16. The van der Waals surface area contributed by atoms with E-state index in [4.69, 9.17) is 4.98 Å². The van der Waals surface area contributed by atoms with E-state index in [-0.39, 0.29) is 5.54 Å². The van der Waals surface area contributed by atoms with E-state index in [2.05, 4.69) is 24.1 Å². The molecule has 110 valence electrons. The second kappa shape index (κ2) is 4.79. The number of nitrogens with one attached hydrogen (secondary N) is 1. The van der Waals surface area contributed by atoms with Crippen LogP contribution in [0.2, 0.25) is 0 Å². The summed E-state index contributed by atoms with van der Waals surface area (Å²) in [5.74, 6) is 0.779. The molecule has 1 aliphatic carbocycles. The maximum absolute atomic E-state index is 5.09. The SMILES string of the molecule is CC(C)NC1(c2nc3c(s2)CCC3)CN2CCC1CC2. The predicted molar refractivity (Wildman–Crippen MR) is 83.3 cm³/mol. The summed E-state index contributed by atoms with van der Waals surface area (Å²) in [7, 11) is 0. The Hall–Kier alpha value is -0.450. The number of hydrogen-bond donors (Lipinski definition) is 1. The van der Waals surface area contributed by atoms with Crippen LogP contribution in [0.5, 0.6) is 0 Å². The third-order valence-electron chi connectivity index (χ3n) is 5.28. The molecular weight excluding hydrogens is 266 g/mol. The molecule has 3 fully saturated rings. The Balaban J connectivity index is 1.74. The zero-order valence-electron chi connectivity index (χ0n) is 12.6. The molecule has 0 amide bonds. The Kier molecular flexibility index (Phi) is 3.17. The van der Waals surface area contributed by atoms with Crippen LogP contribution in [-0.2, 0) is 18.4 Å². The summed E-state index contributed by atoms with van der Waals surface area (Å²) in [6, 6.07) is 0.522. The van der Waals surface area contributed by atoms with Crippen molar-refractivity contribution in [3.63, 3.8) is 0 Å². The summed E-state index contributed by atoms with van der Waals surface area (Å²) in [6.07, 6.45) is 6.46. The van der Waals surface area contributed by atoms with Crippen LogP contribution in [-0.4, -0.2) is 35.6 Å². The second-order valence-corrected chi connectivity index (χ2v) is 8.15. The van der Waals surface area contributed by atoms with E-state index in [0.29, 0.717) is 6.04 Å². The van der Waals surface area contributed by atoms with Gasteiger partial charge in [-0.05, 0) is 65.0 Å². The van der Waals surface area contributed by atoms with Gasteiger partial charge >= 0.3 is 0 Å². The minimum Gasteiger partial charge on any atom is -0.302 e. The zero-order chi connectivity index (χ0) is 13.7. The average Bonchev–Trinajstić information content (AvgIpc) is 3.00. The number of piperidine rings is 3. The van der Waals surface area contributed by atoms with Crippen molar-refractivity contribution in [2.24, 2.45) is 5.92 Å². The molecule has 5 rings (SSSR count). The van der Waals surface area contributed by atoms with Crippen molar-refractivity contribution in [1.82, 2.24) is 15.2 Å². The van der Waals surface area contributed by atoms with E-state index in [1.165, 1.54) is 62.4 Å². The van der Waals surface area contributed by atoms with E-state index in [1.807, 2.05) is 11.3 Å². The van der Waals surface area contributed by atoms with Crippen LogP contribution >= 0.6 is 11.3 Å². The highest BCUT2D eigenvalue weighted by atomic mass is 32.1. The highest BCUT2D eigenvalue weighted by molar-refractivity contribution is 7.12. The Morgan fingerprint density at radius 2 is 2.10 bits per heavy atom. The first-order valence-corrected chi connectivity index (χ1v) is 8.98. The summed E-state index contributed by atoms with van der Waals surface area (Å²) in [6.45, 7) is 8.30. The van der Waals surface area contributed by atoms with Crippen molar-refractivity contribution in [2.75, 3.05) is 19.6 Å². The molecule has 0 aromatic carbocycles. The summed E-state index contributed by atoms with van der Waals surface area (Å²) in [5, 5.41) is 5.33. The molecule has 3 nitrogen and oxygen atoms in total. The fourth-order valence-electron chi connectivity index (χ4n) is 4.43. The third-order valence-corrected chi connectivity index (χ3v) is 6.62. The molecule has 1 unspecified atom stereocenters. The van der Waals surface area contributed by atoms with Crippen LogP contribution in [0.15, 0.2) is 0 Å². The van der Waals surface area contributed by atoms with Crippen molar-refractivity contribution < 1.29 is 0 Å². The van der Waals surface area contributed by atoms with Gasteiger partial charge in [0.1, 0.15) is 5.01 Å². The molecule has 3 saturated heterocycles. The maximum atomic E-state index is 5.09. The second-order valence-electron chi connectivity index (χ2n) is 7.06. The molecule has 1 aromatic heterocycles. The standard InChI is InChI=1S/C16H25N3S/c1-11(2)18-16(10-19-8-6-12(16)7-9-19)15-17-13-4-3-5-14(13)20-15/h11-12,18H,3-10H2,1-2H3. The smallest absolute Gasteiger partial charge is 0.115 e. The van der Waals surface area contributed by atoms with Gasteiger partial charge in [0, 0.05) is 17.5 Å². The molecule has 20 heavy (non-hydrogen) atoms. The Labute approximate surface area is 125 Å². The fraction of sp³-hybridized carbons (Fsp3) is 0.812. The Morgan fingerprint density at radius 1 is 1.30 bits per heavy atom. The summed E-state index contributed by atoms with van der Waals surface area (Å²) in [5.41, 5.74) is 1.55. The Bertz CT molecular complexity index is 476. The minimum atomic E-state index is 0.139. The summed E-state index contributed by atoms with van der Waals surface area (Å²) >= 11 is 2.01. The van der Waals surface area contributed by atoms with E-state index in [0.717, 1.165) is 5.92 Å². The predicted octanol–water partition coefficient (Wildman–Crippen LogP) is 2.55. The molecule has 4 heteroatoms. The van der Waals surface area contributed by atoms with Crippen molar-refractivity contribution in [3.8, 4) is 0 Å². The highest BCUT2D eigenvalue weighted by Crippen LogP contribution is 2.45. The molecule has 1 N–H and O–H groups in total. The molecule has 3 aliphatic heterocycles. The number of nitrogens with zero attached hydrogens (tertiary/aromatic N) is 2. The number of aromatic nitrogens is 1. The van der Waals surface area contributed by atoms with E-state index < -0.39 is 0 Å². The van der Waals surface area contributed by atoms with Gasteiger partial charge in [0.2, 0.25) is 0 Å². The monoisotopic (exact) mass is 291 g/mol. The first-order chi connectivity index (χ1) is 9.67. The van der Waals surface area contributed by atoms with Crippen LogP contribution < -0.4 is 5.32 Å². The van der Waals surface area contributed by atoms with Crippen LogP contribution in [0.1, 0.15) is 48.7 Å². The van der Waals surface area contributed by atoms with Gasteiger partial charge in [-0.1, -0.05) is 0 Å². The first kappa shape index (κ1) is 13.2. The van der Waals surface area contributed by atoms with Crippen molar-refractivity contribution in [1.29, 1.82) is 0 Å². The van der Waals surface area contributed by atoms with Crippen LogP contribution in [0, 0.1) is 5.92 Å². The zero-order valence-corrected chi connectivity index (χ0v) is 13.4. The summed E-state index contributed by atoms with van der Waals surface area (Å²) < 4.78 is 0. The van der Waals surface area contributed by atoms with Gasteiger partial charge in [-0.2, -0.15) is 0 Å². The van der Waals surface area contributed by atoms with Gasteiger partial charge < -0.3 is 10.2 Å². The lowest BCUT2D eigenvalue weighted by molar-refractivity contribution is -0.00173. The summed E-state index contributed by atoms with van der Waals surface area (Å²) in [4.78, 5) is 9.30. The lowest BCUT2D eigenvalue weighted by atomic mass is 9.72. The highest BCUT2D eigenvalue weighted by Gasteiger charge is 2.50. The molecule has 0 radical (unpaired) electrons. The van der Waals surface area contributed by atoms with E-state index >= 15 is 0 Å². The molecule has 1 atom stereocenters. The number of rotatable bonds is 3. The average molecular weight is 291 g/mol. The maximum Gasteiger partial charge on any atom is 0.115 e. The molecule has 2 bridgehead atoms. The fourth-order valence-corrected chi connectivity index (χ4v) is 5.80. The van der Waals surface area contributed by atoms with E-state index in [1.54, 1.807) is 4.88 Å². The molecule has 4 aliphatic rings.